The second kappa shape index (κ2) is 5.50. The van der Waals surface area contributed by atoms with Gasteiger partial charge in [0.15, 0.2) is 0 Å². The van der Waals surface area contributed by atoms with Crippen molar-refractivity contribution in [3.63, 3.8) is 0 Å². The zero-order valence-electron chi connectivity index (χ0n) is 10.7. The number of hydrogen-bond donors (Lipinski definition) is 0. The maximum Gasteiger partial charge on any atom is 0.280 e. The summed E-state index contributed by atoms with van der Waals surface area (Å²) in [5, 5.41) is 1.00. The molecule has 0 radical (unpaired) electrons. The van der Waals surface area contributed by atoms with Crippen LogP contribution in [0.2, 0.25) is 5.02 Å². The average molecular weight is 299 g/mol. The molecule has 0 atom stereocenters. The fraction of sp³-hybridized carbons (Fsp3) is 0.357. The number of nitrogens with zero attached hydrogens (tertiary/aromatic N) is 2. The number of morpholine rings is 1. The molecule has 20 heavy (non-hydrogen) atoms. The molecule has 0 N–H and O–H groups in total. The Bertz CT molecular complexity index is 630. The number of alkyl halides is 2. The van der Waals surface area contributed by atoms with Crippen LogP contribution in [0, 0.1) is 0 Å². The summed E-state index contributed by atoms with van der Waals surface area (Å²) >= 11 is 6.10. The molecular weight excluding hydrogens is 286 g/mol. The van der Waals surface area contributed by atoms with Crippen LogP contribution in [-0.2, 0) is 4.74 Å². The summed E-state index contributed by atoms with van der Waals surface area (Å²) in [6, 6.07) is 6.74. The summed E-state index contributed by atoms with van der Waals surface area (Å²) in [4.78, 5) is 6.12. The Morgan fingerprint density at radius 2 is 1.95 bits per heavy atom. The maximum absolute atomic E-state index is 12.7. The number of fused-ring (bicyclic) bond motifs is 1. The number of halogens is 3. The predicted molar refractivity (Wildman–Crippen MR) is 74.7 cm³/mol. The minimum absolute atomic E-state index is 0.290. The first-order valence-corrected chi connectivity index (χ1v) is 6.74. The Morgan fingerprint density at radius 3 is 2.65 bits per heavy atom. The van der Waals surface area contributed by atoms with Gasteiger partial charge in [0.2, 0.25) is 0 Å². The van der Waals surface area contributed by atoms with Gasteiger partial charge in [-0.15, -0.1) is 0 Å². The maximum atomic E-state index is 12.7. The van der Waals surface area contributed by atoms with Crippen molar-refractivity contribution < 1.29 is 13.5 Å². The molecule has 0 spiro atoms. The molecule has 1 aliphatic heterocycles. The molecule has 0 aliphatic carbocycles. The first kappa shape index (κ1) is 13.5. The molecule has 1 saturated heterocycles. The number of anilines is 1. The van der Waals surface area contributed by atoms with Crippen molar-refractivity contribution in [2.75, 3.05) is 31.2 Å². The number of rotatable bonds is 2. The van der Waals surface area contributed by atoms with Crippen LogP contribution in [0.3, 0.4) is 0 Å². The Hall–Kier alpha value is -1.46. The summed E-state index contributed by atoms with van der Waals surface area (Å²) in [6.07, 6.45) is -2.61. The van der Waals surface area contributed by atoms with E-state index in [-0.39, 0.29) is 5.69 Å². The molecule has 1 aliphatic rings. The number of benzene rings is 1. The lowest BCUT2D eigenvalue weighted by molar-refractivity contribution is 0.122. The van der Waals surface area contributed by atoms with Crippen molar-refractivity contribution in [2.45, 2.75) is 6.43 Å². The van der Waals surface area contributed by atoms with Crippen molar-refractivity contribution in [3.05, 3.63) is 35.0 Å². The van der Waals surface area contributed by atoms with Gasteiger partial charge in [-0.05, 0) is 24.3 Å². The molecule has 3 rings (SSSR count). The molecule has 0 unspecified atom stereocenters. The normalized spacial score (nSPS) is 16.1. The van der Waals surface area contributed by atoms with Crippen LogP contribution in [0.15, 0.2) is 24.3 Å². The topological polar surface area (TPSA) is 25.4 Å². The first-order valence-electron chi connectivity index (χ1n) is 6.36. The quantitative estimate of drug-likeness (QED) is 0.846. The van der Waals surface area contributed by atoms with Crippen molar-refractivity contribution >= 4 is 28.2 Å². The van der Waals surface area contributed by atoms with Gasteiger partial charge in [0, 0.05) is 24.2 Å². The summed E-state index contributed by atoms with van der Waals surface area (Å²) in [5.74, 6) is 0. The predicted octanol–water partition coefficient (Wildman–Crippen LogP) is 3.66. The van der Waals surface area contributed by atoms with E-state index < -0.39 is 6.43 Å². The van der Waals surface area contributed by atoms with Gasteiger partial charge in [0.25, 0.3) is 6.43 Å². The highest BCUT2D eigenvalue weighted by atomic mass is 35.5. The van der Waals surface area contributed by atoms with Crippen LogP contribution in [0.4, 0.5) is 14.5 Å². The zero-order chi connectivity index (χ0) is 14.1. The second-order valence-electron chi connectivity index (χ2n) is 4.63. The van der Waals surface area contributed by atoms with Gasteiger partial charge < -0.3 is 9.64 Å². The van der Waals surface area contributed by atoms with Gasteiger partial charge in [-0.1, -0.05) is 11.6 Å². The Kier molecular flexibility index (Phi) is 3.72. The molecule has 106 valence electrons. The lowest BCUT2D eigenvalue weighted by atomic mass is 10.1. The zero-order valence-corrected chi connectivity index (χ0v) is 11.4. The van der Waals surface area contributed by atoms with Gasteiger partial charge in [-0.3, -0.25) is 0 Å². The van der Waals surface area contributed by atoms with Gasteiger partial charge in [0.1, 0.15) is 5.69 Å². The van der Waals surface area contributed by atoms with E-state index >= 15 is 0 Å². The minimum atomic E-state index is -2.61. The molecule has 1 aromatic heterocycles. The highest BCUT2D eigenvalue weighted by Crippen LogP contribution is 2.30. The van der Waals surface area contributed by atoms with E-state index in [0.717, 1.165) is 18.8 Å². The molecule has 2 aromatic rings. The fourth-order valence-corrected chi connectivity index (χ4v) is 2.58. The lowest BCUT2D eigenvalue weighted by Gasteiger charge is -2.29. The van der Waals surface area contributed by atoms with Gasteiger partial charge in [-0.2, -0.15) is 0 Å². The second-order valence-corrected chi connectivity index (χ2v) is 5.04. The molecule has 3 nitrogen and oxygen atoms in total. The molecule has 1 fully saturated rings. The van der Waals surface area contributed by atoms with E-state index in [2.05, 4.69) is 9.88 Å². The molecule has 0 bridgehead atoms. The van der Waals surface area contributed by atoms with Crippen LogP contribution in [0.25, 0.3) is 10.9 Å². The average Bonchev–Trinajstić information content (AvgIpc) is 2.47. The van der Waals surface area contributed by atoms with Gasteiger partial charge in [0.05, 0.1) is 23.8 Å². The highest BCUT2D eigenvalue weighted by Gasteiger charge is 2.15. The first-order chi connectivity index (χ1) is 9.65. The van der Waals surface area contributed by atoms with E-state index in [1.165, 1.54) is 6.07 Å². The van der Waals surface area contributed by atoms with Crippen molar-refractivity contribution in [2.24, 2.45) is 0 Å². The van der Waals surface area contributed by atoms with Crippen molar-refractivity contribution in [3.8, 4) is 0 Å². The van der Waals surface area contributed by atoms with Crippen molar-refractivity contribution in [1.82, 2.24) is 4.98 Å². The Morgan fingerprint density at radius 1 is 1.20 bits per heavy atom. The van der Waals surface area contributed by atoms with Gasteiger partial charge >= 0.3 is 0 Å². The molecule has 0 saturated carbocycles. The van der Waals surface area contributed by atoms with E-state index in [4.69, 9.17) is 16.3 Å². The standard InChI is InChI=1S/C14H13ClF2N2O/c15-11-8-13(14(16)17)18-12-2-1-9(7-10(11)12)19-3-5-20-6-4-19/h1-2,7-8,14H,3-6H2. The largest absolute Gasteiger partial charge is 0.378 e. The van der Waals surface area contributed by atoms with Crippen LogP contribution in [0.1, 0.15) is 12.1 Å². The molecular formula is C14H13ClF2N2O. The number of hydrogen-bond acceptors (Lipinski definition) is 3. The van der Waals surface area contributed by atoms with Crippen LogP contribution in [0.5, 0.6) is 0 Å². The third-order valence-corrected chi connectivity index (χ3v) is 3.67. The monoisotopic (exact) mass is 298 g/mol. The summed E-state index contributed by atoms with van der Waals surface area (Å²) in [5.41, 5.74) is 1.21. The Balaban J connectivity index is 2.02. The number of aromatic nitrogens is 1. The fourth-order valence-electron chi connectivity index (χ4n) is 2.32. The molecule has 2 heterocycles. The molecule has 6 heteroatoms. The lowest BCUT2D eigenvalue weighted by Crippen LogP contribution is -2.36. The number of ether oxygens (including phenoxy) is 1. The summed E-state index contributed by atoms with van der Waals surface area (Å²) in [6.45, 7) is 3.00. The van der Waals surface area contributed by atoms with Crippen LogP contribution < -0.4 is 4.90 Å². The van der Waals surface area contributed by atoms with E-state index in [9.17, 15) is 8.78 Å². The van der Waals surface area contributed by atoms with E-state index in [1.807, 2.05) is 12.1 Å². The minimum Gasteiger partial charge on any atom is -0.378 e. The van der Waals surface area contributed by atoms with Gasteiger partial charge in [-0.25, -0.2) is 13.8 Å². The van der Waals surface area contributed by atoms with E-state index in [0.29, 0.717) is 29.1 Å². The van der Waals surface area contributed by atoms with Crippen molar-refractivity contribution in [1.29, 1.82) is 0 Å². The molecule has 0 amide bonds. The van der Waals surface area contributed by atoms with Crippen LogP contribution in [-0.4, -0.2) is 31.3 Å². The summed E-state index contributed by atoms with van der Waals surface area (Å²) in [7, 11) is 0. The molecule has 1 aromatic carbocycles. The van der Waals surface area contributed by atoms with Crippen LogP contribution >= 0.6 is 11.6 Å². The third kappa shape index (κ3) is 2.55. The smallest absolute Gasteiger partial charge is 0.280 e. The number of pyridine rings is 1. The SMILES string of the molecule is FC(F)c1cc(Cl)c2cc(N3CCOCC3)ccc2n1. The summed E-state index contributed by atoms with van der Waals surface area (Å²) < 4.78 is 30.7. The third-order valence-electron chi connectivity index (χ3n) is 3.36. The highest BCUT2D eigenvalue weighted by molar-refractivity contribution is 6.35. The van der Waals surface area contributed by atoms with E-state index in [1.54, 1.807) is 6.07 Å². The Labute approximate surface area is 120 Å².